The van der Waals surface area contributed by atoms with E-state index in [0.717, 1.165) is 0 Å². The molecule has 5 rings (SSSR count). The number of amides is 3. The fourth-order valence-corrected chi connectivity index (χ4v) is 4.95. The molecular weight excluding hydrogens is 353 g/mol. The minimum Gasteiger partial charge on any atom is -0.447 e. The monoisotopic (exact) mass is 374 g/mol. The number of alkyl carbamates (subject to hydrolysis) is 1. The smallest absolute Gasteiger partial charge is 0.407 e. The summed E-state index contributed by atoms with van der Waals surface area (Å²) in [5, 5.41) is 5.54. The zero-order valence-corrected chi connectivity index (χ0v) is 14.2. The molecule has 2 saturated carbocycles. The van der Waals surface area contributed by atoms with Crippen molar-refractivity contribution in [1.82, 2.24) is 20.4 Å². The number of ether oxygens (including phenoxy) is 1. The molecular formula is C16H21F3N4O3. The van der Waals surface area contributed by atoms with Crippen molar-refractivity contribution in [3.63, 3.8) is 0 Å². The fourth-order valence-electron chi connectivity index (χ4n) is 4.95. The first-order valence-corrected chi connectivity index (χ1v) is 8.97. The van der Waals surface area contributed by atoms with Crippen LogP contribution >= 0.6 is 0 Å². The Labute approximate surface area is 148 Å². The normalized spacial score (nSPS) is 30.3. The first-order valence-electron chi connectivity index (χ1n) is 8.97. The van der Waals surface area contributed by atoms with Crippen molar-refractivity contribution in [2.24, 2.45) is 5.41 Å². The number of cyclic esters (lactones) is 1. The van der Waals surface area contributed by atoms with Crippen LogP contribution in [0.3, 0.4) is 0 Å². The molecule has 2 aliphatic carbocycles. The molecule has 3 saturated heterocycles. The molecule has 5 aliphatic rings. The number of carbonyl (C=O) groups is 2. The topological polar surface area (TPSA) is 73.9 Å². The number of halogens is 3. The molecule has 3 aliphatic heterocycles. The first-order chi connectivity index (χ1) is 12.1. The van der Waals surface area contributed by atoms with Crippen molar-refractivity contribution in [3.8, 4) is 0 Å². The van der Waals surface area contributed by atoms with Crippen LogP contribution in [0, 0.1) is 5.41 Å². The van der Waals surface area contributed by atoms with Crippen molar-refractivity contribution in [2.45, 2.75) is 49.0 Å². The zero-order valence-electron chi connectivity index (χ0n) is 14.2. The van der Waals surface area contributed by atoms with Crippen LogP contribution in [0.1, 0.15) is 25.7 Å². The van der Waals surface area contributed by atoms with E-state index in [2.05, 4.69) is 10.6 Å². The highest BCUT2D eigenvalue weighted by atomic mass is 19.4. The summed E-state index contributed by atoms with van der Waals surface area (Å²) in [6.45, 7) is 2.39. The van der Waals surface area contributed by atoms with Crippen LogP contribution in [-0.4, -0.2) is 78.0 Å². The van der Waals surface area contributed by atoms with Gasteiger partial charge in [-0.3, -0.25) is 0 Å². The standard InChI is InChI=1S/C16H21F3N4O3/c17-16(18,19)15(1-2-15)20-10-3-13(4-10)5-22(6-13)12(25)23-7-14(8-23)9-26-11(24)21-14/h10,20H,1-9H2,(H,21,24). The maximum atomic E-state index is 13.0. The molecule has 26 heavy (non-hydrogen) atoms. The highest BCUT2D eigenvalue weighted by molar-refractivity contribution is 5.78. The lowest BCUT2D eigenvalue weighted by molar-refractivity contribution is -0.175. The number of alkyl halides is 3. The highest BCUT2D eigenvalue weighted by Gasteiger charge is 2.66. The summed E-state index contributed by atoms with van der Waals surface area (Å²) < 4.78 is 43.9. The van der Waals surface area contributed by atoms with E-state index in [0.29, 0.717) is 39.0 Å². The lowest BCUT2D eigenvalue weighted by atomic mass is 9.60. The van der Waals surface area contributed by atoms with Gasteiger partial charge in [-0.2, -0.15) is 13.2 Å². The van der Waals surface area contributed by atoms with Crippen LogP contribution in [0.4, 0.5) is 22.8 Å². The average molecular weight is 374 g/mol. The van der Waals surface area contributed by atoms with Gasteiger partial charge in [-0.1, -0.05) is 0 Å². The minimum atomic E-state index is -4.18. The Morgan fingerprint density at radius 1 is 1.15 bits per heavy atom. The Balaban J connectivity index is 1.07. The second-order valence-corrected chi connectivity index (χ2v) is 8.81. The number of nitrogens with one attached hydrogen (secondary N) is 2. The van der Waals surface area contributed by atoms with Crippen molar-refractivity contribution in [3.05, 3.63) is 0 Å². The molecule has 3 amide bonds. The third-order valence-electron chi connectivity index (χ3n) is 6.56. The van der Waals surface area contributed by atoms with E-state index in [-0.39, 0.29) is 36.9 Å². The Morgan fingerprint density at radius 2 is 1.77 bits per heavy atom. The van der Waals surface area contributed by atoms with E-state index in [1.54, 1.807) is 9.80 Å². The van der Waals surface area contributed by atoms with Crippen molar-refractivity contribution in [1.29, 1.82) is 0 Å². The molecule has 0 atom stereocenters. The molecule has 0 aromatic rings. The molecule has 0 aromatic heterocycles. The van der Waals surface area contributed by atoms with E-state index in [1.165, 1.54) is 0 Å². The molecule has 7 nitrogen and oxygen atoms in total. The van der Waals surface area contributed by atoms with Crippen LogP contribution in [0.25, 0.3) is 0 Å². The van der Waals surface area contributed by atoms with Gasteiger partial charge < -0.3 is 25.2 Å². The molecule has 10 heteroatoms. The van der Waals surface area contributed by atoms with Gasteiger partial charge >= 0.3 is 18.3 Å². The van der Waals surface area contributed by atoms with Gasteiger partial charge in [0.2, 0.25) is 0 Å². The Hall–Kier alpha value is -1.71. The van der Waals surface area contributed by atoms with Crippen molar-refractivity contribution >= 4 is 12.1 Å². The third kappa shape index (κ3) is 2.30. The molecule has 144 valence electrons. The van der Waals surface area contributed by atoms with Crippen LogP contribution in [-0.2, 0) is 4.74 Å². The quantitative estimate of drug-likeness (QED) is 0.758. The number of hydrogen-bond acceptors (Lipinski definition) is 4. The summed E-state index contributed by atoms with van der Waals surface area (Å²) in [5.41, 5.74) is -2.10. The molecule has 0 unspecified atom stereocenters. The molecule has 0 radical (unpaired) electrons. The number of rotatable bonds is 2. The van der Waals surface area contributed by atoms with Crippen LogP contribution in [0.5, 0.6) is 0 Å². The number of likely N-dealkylation sites (tertiary alicyclic amines) is 2. The largest absolute Gasteiger partial charge is 0.447 e. The molecule has 2 N–H and O–H groups in total. The predicted octanol–water partition coefficient (Wildman–Crippen LogP) is 1.05. The van der Waals surface area contributed by atoms with E-state index < -0.39 is 23.3 Å². The summed E-state index contributed by atoms with van der Waals surface area (Å²) in [6, 6.07) is -0.165. The Kier molecular flexibility index (Phi) is 3.02. The summed E-state index contributed by atoms with van der Waals surface area (Å²) >= 11 is 0. The third-order valence-corrected chi connectivity index (χ3v) is 6.56. The van der Waals surface area contributed by atoms with Gasteiger partial charge in [-0.15, -0.1) is 0 Å². The lowest BCUT2D eigenvalue weighted by Gasteiger charge is -2.61. The molecule has 0 bridgehead atoms. The van der Waals surface area contributed by atoms with Gasteiger partial charge in [0.25, 0.3) is 0 Å². The maximum absolute atomic E-state index is 13.0. The SMILES string of the molecule is O=C1NC2(CO1)CN(C(=O)N1CC3(CC(NC4(C(F)(F)F)CC4)C3)C1)C2. The molecule has 2 spiro atoms. The fraction of sp³-hybridized carbons (Fsp3) is 0.875. The van der Waals surface area contributed by atoms with E-state index in [9.17, 15) is 22.8 Å². The van der Waals surface area contributed by atoms with Crippen LogP contribution in [0.15, 0.2) is 0 Å². The van der Waals surface area contributed by atoms with Gasteiger partial charge in [-0.25, -0.2) is 9.59 Å². The van der Waals surface area contributed by atoms with Gasteiger partial charge in [0.15, 0.2) is 0 Å². The van der Waals surface area contributed by atoms with Crippen LogP contribution < -0.4 is 10.6 Å². The summed E-state index contributed by atoms with van der Waals surface area (Å²) in [6.07, 6.45) is -2.89. The van der Waals surface area contributed by atoms with Gasteiger partial charge in [0.05, 0.1) is 13.1 Å². The van der Waals surface area contributed by atoms with E-state index >= 15 is 0 Å². The predicted molar refractivity (Wildman–Crippen MR) is 82.4 cm³/mol. The van der Waals surface area contributed by atoms with E-state index in [1.807, 2.05) is 0 Å². The first kappa shape index (κ1) is 16.5. The number of hydrogen-bond donors (Lipinski definition) is 2. The number of nitrogens with zero attached hydrogens (tertiary/aromatic N) is 2. The van der Waals surface area contributed by atoms with Crippen LogP contribution in [0.2, 0.25) is 0 Å². The zero-order chi connectivity index (χ0) is 18.4. The maximum Gasteiger partial charge on any atom is 0.407 e. The molecule has 0 aromatic carbocycles. The van der Waals surface area contributed by atoms with E-state index in [4.69, 9.17) is 4.74 Å². The van der Waals surface area contributed by atoms with Crippen molar-refractivity contribution < 1.29 is 27.5 Å². The summed E-state index contributed by atoms with van der Waals surface area (Å²) in [7, 11) is 0. The number of carbonyl (C=O) groups excluding carboxylic acids is 2. The molecule has 5 fully saturated rings. The highest BCUT2D eigenvalue weighted by Crippen LogP contribution is 2.54. The lowest BCUT2D eigenvalue weighted by Crippen LogP contribution is -2.75. The second kappa shape index (κ2) is 4.76. The molecule has 3 heterocycles. The average Bonchev–Trinajstić information content (AvgIpc) is 3.13. The summed E-state index contributed by atoms with van der Waals surface area (Å²) in [5.74, 6) is 0. The summed E-state index contributed by atoms with van der Waals surface area (Å²) in [4.78, 5) is 27.0. The number of urea groups is 1. The van der Waals surface area contributed by atoms with Gasteiger partial charge in [0, 0.05) is 24.5 Å². The Morgan fingerprint density at radius 3 is 2.27 bits per heavy atom. The Bertz CT molecular complexity index is 658. The second-order valence-electron chi connectivity index (χ2n) is 8.81. The van der Waals surface area contributed by atoms with Crippen molar-refractivity contribution in [2.75, 3.05) is 32.8 Å². The minimum absolute atomic E-state index is 0.0117. The van der Waals surface area contributed by atoms with Gasteiger partial charge in [0.1, 0.15) is 17.7 Å². The van der Waals surface area contributed by atoms with Gasteiger partial charge in [-0.05, 0) is 25.7 Å².